The lowest BCUT2D eigenvalue weighted by atomic mass is 10.0. The molecule has 1 saturated heterocycles. The van der Waals surface area contributed by atoms with Crippen LogP contribution in [-0.4, -0.2) is 24.5 Å². The topological polar surface area (TPSA) is 46.0 Å². The summed E-state index contributed by atoms with van der Waals surface area (Å²) >= 11 is 5.81. The Hall–Kier alpha value is -2.73. The van der Waals surface area contributed by atoms with E-state index in [1.54, 1.807) is 0 Å². The van der Waals surface area contributed by atoms with Crippen LogP contribution in [0.3, 0.4) is 0 Å². The summed E-state index contributed by atoms with van der Waals surface area (Å²) < 4.78 is 2.49. The summed E-state index contributed by atoms with van der Waals surface area (Å²) in [5.41, 5.74) is 3.54. The van der Waals surface area contributed by atoms with Gasteiger partial charge in [0.25, 0.3) is 0 Å². The zero-order valence-electron chi connectivity index (χ0n) is 16.3. The number of nitrogens with one attached hydrogen (secondary N) is 1. The van der Waals surface area contributed by atoms with Gasteiger partial charge in [-0.3, -0.25) is 9.97 Å². The molecule has 0 radical (unpaired) electrons. The molecule has 3 aromatic rings. The summed E-state index contributed by atoms with van der Waals surface area (Å²) in [6.07, 6.45) is 12.9. The average molecular weight is 404 g/mol. The van der Waals surface area contributed by atoms with Gasteiger partial charge in [-0.1, -0.05) is 18.9 Å². The smallest absolute Gasteiger partial charge is 0.170 e. The highest BCUT2D eigenvalue weighted by Crippen LogP contribution is 2.42. The molecule has 5 nitrogen and oxygen atoms in total. The molecular formula is C23H25N5S. The third-order valence-electron chi connectivity index (χ3n) is 6.13. The van der Waals surface area contributed by atoms with Crippen molar-refractivity contribution in [2.45, 2.75) is 50.4 Å². The number of pyridine rings is 2. The molecule has 0 bridgehead atoms. The van der Waals surface area contributed by atoms with Crippen LogP contribution in [0, 0.1) is 0 Å². The van der Waals surface area contributed by atoms with Gasteiger partial charge in [0.1, 0.15) is 0 Å². The van der Waals surface area contributed by atoms with Crippen molar-refractivity contribution in [3.05, 3.63) is 84.2 Å². The second kappa shape index (κ2) is 7.95. The third kappa shape index (κ3) is 3.53. The van der Waals surface area contributed by atoms with Crippen LogP contribution in [0.15, 0.2) is 67.3 Å². The zero-order chi connectivity index (χ0) is 19.6. The minimum atomic E-state index is 0.0283. The van der Waals surface area contributed by atoms with Crippen molar-refractivity contribution in [1.82, 2.24) is 24.8 Å². The molecule has 2 fully saturated rings. The molecule has 1 N–H and O–H groups in total. The van der Waals surface area contributed by atoms with Crippen LogP contribution in [0.5, 0.6) is 0 Å². The summed E-state index contributed by atoms with van der Waals surface area (Å²) in [6.45, 7) is 0.748. The number of aromatic nitrogens is 3. The van der Waals surface area contributed by atoms with Crippen molar-refractivity contribution < 1.29 is 0 Å². The number of thiocarbonyl (C=S) groups is 1. The molecule has 0 aromatic carbocycles. The predicted molar refractivity (Wildman–Crippen MR) is 117 cm³/mol. The molecule has 148 valence electrons. The van der Waals surface area contributed by atoms with Crippen molar-refractivity contribution in [2.75, 3.05) is 0 Å². The predicted octanol–water partition coefficient (Wildman–Crippen LogP) is 4.57. The van der Waals surface area contributed by atoms with Crippen molar-refractivity contribution in [2.24, 2.45) is 0 Å². The molecule has 0 unspecified atom stereocenters. The fraction of sp³-hybridized carbons (Fsp3) is 0.348. The van der Waals surface area contributed by atoms with Gasteiger partial charge in [-0.15, -0.1) is 0 Å². The van der Waals surface area contributed by atoms with Crippen LogP contribution in [-0.2, 0) is 6.54 Å². The lowest BCUT2D eigenvalue weighted by Crippen LogP contribution is -2.30. The SMILES string of the molecule is S=C1N[C@H](c2ccccn2)[C@@H](c2cccn2C2CCCC2)N1Cc1ccncc1. The summed E-state index contributed by atoms with van der Waals surface area (Å²) in [6, 6.07) is 15.4. The van der Waals surface area contributed by atoms with Crippen LogP contribution in [0.4, 0.5) is 0 Å². The lowest BCUT2D eigenvalue weighted by Gasteiger charge is -2.30. The Morgan fingerprint density at radius 3 is 2.59 bits per heavy atom. The third-order valence-corrected chi connectivity index (χ3v) is 6.49. The van der Waals surface area contributed by atoms with Crippen molar-refractivity contribution in [3.63, 3.8) is 0 Å². The molecular weight excluding hydrogens is 378 g/mol. The number of hydrogen-bond acceptors (Lipinski definition) is 3. The highest BCUT2D eigenvalue weighted by atomic mass is 32.1. The van der Waals surface area contributed by atoms with Gasteiger partial charge in [0.2, 0.25) is 0 Å². The van der Waals surface area contributed by atoms with Gasteiger partial charge in [-0.25, -0.2) is 0 Å². The highest BCUT2D eigenvalue weighted by molar-refractivity contribution is 7.80. The molecule has 0 amide bonds. The molecule has 3 aromatic heterocycles. The van der Waals surface area contributed by atoms with Crippen molar-refractivity contribution in [1.29, 1.82) is 0 Å². The monoisotopic (exact) mass is 403 g/mol. The van der Waals surface area contributed by atoms with Gasteiger partial charge in [0.15, 0.2) is 5.11 Å². The average Bonchev–Trinajstić information content (AvgIpc) is 3.50. The van der Waals surface area contributed by atoms with Crippen molar-refractivity contribution in [3.8, 4) is 0 Å². The number of rotatable bonds is 5. The molecule has 6 heteroatoms. The fourth-order valence-corrected chi connectivity index (χ4v) is 5.06. The van der Waals surface area contributed by atoms with Crippen LogP contribution < -0.4 is 5.32 Å². The van der Waals surface area contributed by atoms with Crippen LogP contribution in [0.25, 0.3) is 0 Å². The van der Waals surface area contributed by atoms with Gasteiger partial charge in [-0.2, -0.15) is 0 Å². The zero-order valence-corrected chi connectivity index (χ0v) is 17.1. The normalized spacial score (nSPS) is 22.2. The van der Waals surface area contributed by atoms with Crippen LogP contribution >= 0.6 is 12.2 Å². The first-order valence-electron chi connectivity index (χ1n) is 10.3. The maximum atomic E-state index is 5.81. The van der Waals surface area contributed by atoms with E-state index < -0.39 is 0 Å². The fourth-order valence-electron chi connectivity index (χ4n) is 4.76. The van der Waals surface area contributed by atoms with Gasteiger partial charge in [0.05, 0.1) is 17.8 Å². The van der Waals surface area contributed by atoms with Gasteiger partial charge >= 0.3 is 0 Å². The number of hydrogen-bond donors (Lipinski definition) is 1. The van der Waals surface area contributed by atoms with E-state index in [4.69, 9.17) is 12.2 Å². The van der Waals surface area contributed by atoms with Crippen LogP contribution in [0.2, 0.25) is 0 Å². The first kappa shape index (κ1) is 18.3. The Bertz CT molecular complexity index is 965. The van der Waals surface area contributed by atoms with Gasteiger partial charge < -0.3 is 14.8 Å². The quantitative estimate of drug-likeness (QED) is 0.633. The molecule has 4 heterocycles. The first-order valence-corrected chi connectivity index (χ1v) is 10.8. The summed E-state index contributed by atoms with van der Waals surface area (Å²) in [5.74, 6) is 0. The molecule has 1 aliphatic carbocycles. The second-order valence-electron chi connectivity index (χ2n) is 7.89. The van der Waals surface area contributed by atoms with E-state index in [9.17, 15) is 0 Å². The van der Waals surface area contributed by atoms with Gasteiger partial charge in [-0.05, 0) is 67.0 Å². The summed E-state index contributed by atoms with van der Waals surface area (Å²) in [7, 11) is 0. The van der Waals surface area contributed by atoms with Gasteiger partial charge in [0, 0.05) is 43.1 Å². The molecule has 0 spiro atoms. The standard InChI is InChI=1S/C23H25N5S/c29-23-26-21(19-8-3-4-12-25-19)22(28(23)16-17-10-13-24-14-11-17)20-9-5-15-27(20)18-6-1-2-7-18/h3-5,8-15,18,21-22H,1-2,6-7,16H2,(H,26,29)/t21-,22-/m1/s1. The number of nitrogens with zero attached hydrogens (tertiary/aromatic N) is 4. The Labute approximate surface area is 176 Å². The van der Waals surface area contributed by atoms with Crippen LogP contribution in [0.1, 0.15) is 60.8 Å². The van der Waals surface area contributed by atoms with Crippen molar-refractivity contribution >= 4 is 17.3 Å². The Kier molecular flexibility index (Phi) is 5.02. The van der Waals surface area contributed by atoms with E-state index >= 15 is 0 Å². The van der Waals surface area contributed by atoms with E-state index in [0.717, 1.165) is 17.4 Å². The second-order valence-corrected chi connectivity index (χ2v) is 8.28. The summed E-state index contributed by atoms with van der Waals surface area (Å²) in [4.78, 5) is 11.1. The Morgan fingerprint density at radius 1 is 1.00 bits per heavy atom. The van der Waals surface area contributed by atoms with E-state index in [0.29, 0.717) is 6.04 Å². The summed E-state index contributed by atoms with van der Waals surface area (Å²) in [5, 5.41) is 4.34. The van der Waals surface area contributed by atoms with E-state index in [1.165, 1.54) is 36.9 Å². The maximum Gasteiger partial charge on any atom is 0.170 e. The molecule has 29 heavy (non-hydrogen) atoms. The minimum absolute atomic E-state index is 0.0283. The molecule has 1 aliphatic heterocycles. The molecule has 2 aliphatic rings. The van der Waals surface area contributed by atoms with E-state index in [2.05, 4.69) is 61.3 Å². The van der Waals surface area contributed by atoms with E-state index in [1.807, 2.05) is 30.7 Å². The lowest BCUT2D eigenvalue weighted by molar-refractivity contribution is 0.290. The molecule has 5 rings (SSSR count). The Morgan fingerprint density at radius 2 is 1.83 bits per heavy atom. The highest BCUT2D eigenvalue weighted by Gasteiger charge is 2.41. The first-order chi connectivity index (χ1) is 14.3. The molecule has 2 atom stereocenters. The largest absolute Gasteiger partial charge is 0.352 e. The Balaban J connectivity index is 1.56. The minimum Gasteiger partial charge on any atom is -0.352 e. The molecule has 1 saturated carbocycles. The maximum absolute atomic E-state index is 5.81. The van der Waals surface area contributed by atoms with E-state index in [-0.39, 0.29) is 12.1 Å².